The van der Waals surface area contributed by atoms with Crippen molar-refractivity contribution in [3.63, 3.8) is 0 Å². The summed E-state index contributed by atoms with van der Waals surface area (Å²) in [6.07, 6.45) is 0. The molecule has 2 aromatic carbocycles. The number of benzene rings is 2. The number of sulfonamides is 1. The molecule has 0 heterocycles. The molecule has 0 aliphatic heterocycles. The third-order valence-corrected chi connectivity index (χ3v) is 4.46. The summed E-state index contributed by atoms with van der Waals surface area (Å²) in [6, 6.07) is 6.94. The summed E-state index contributed by atoms with van der Waals surface area (Å²) in [5.74, 6) is -1.10. The Labute approximate surface area is 135 Å². The van der Waals surface area contributed by atoms with Gasteiger partial charge in [0.1, 0.15) is 11.6 Å². The van der Waals surface area contributed by atoms with Crippen molar-refractivity contribution < 1.29 is 26.3 Å². The maximum Gasteiger partial charge on any atom is 0.387 e. The molecule has 0 amide bonds. The topological polar surface area (TPSA) is 55.4 Å². The van der Waals surface area contributed by atoms with Gasteiger partial charge in [0.2, 0.25) is 0 Å². The molecular formula is C14H11ClF3NO3S. The first kappa shape index (κ1) is 17.4. The highest BCUT2D eigenvalue weighted by Crippen LogP contribution is 2.29. The Morgan fingerprint density at radius 1 is 1.17 bits per heavy atom. The van der Waals surface area contributed by atoms with Gasteiger partial charge in [0, 0.05) is 0 Å². The maximum atomic E-state index is 13.7. The molecule has 0 fully saturated rings. The predicted molar refractivity (Wildman–Crippen MR) is 80.0 cm³/mol. The number of anilines is 1. The minimum Gasteiger partial charge on any atom is -0.433 e. The normalized spacial score (nSPS) is 11.6. The zero-order valence-electron chi connectivity index (χ0n) is 11.7. The highest BCUT2D eigenvalue weighted by Gasteiger charge is 2.19. The number of nitrogens with one attached hydrogen (secondary N) is 1. The third-order valence-electron chi connectivity index (χ3n) is 2.80. The molecule has 23 heavy (non-hydrogen) atoms. The van der Waals surface area contributed by atoms with E-state index in [4.69, 9.17) is 11.6 Å². The van der Waals surface area contributed by atoms with Gasteiger partial charge in [-0.25, -0.2) is 12.8 Å². The quantitative estimate of drug-likeness (QED) is 0.864. The SMILES string of the molecule is Cc1ccc(NS(=O)(=O)c2ccc(OC(F)F)c(Cl)c2)c(F)c1. The molecule has 0 bridgehead atoms. The van der Waals surface area contributed by atoms with Crippen LogP contribution < -0.4 is 9.46 Å². The van der Waals surface area contributed by atoms with Crippen molar-refractivity contribution in [2.75, 3.05) is 4.72 Å². The van der Waals surface area contributed by atoms with Gasteiger partial charge in [-0.2, -0.15) is 8.78 Å². The summed E-state index contributed by atoms with van der Waals surface area (Å²) in [5, 5.41) is -0.308. The van der Waals surface area contributed by atoms with Crippen molar-refractivity contribution >= 4 is 27.3 Å². The van der Waals surface area contributed by atoms with E-state index in [1.165, 1.54) is 18.2 Å². The molecule has 124 valence electrons. The Hall–Kier alpha value is -1.93. The van der Waals surface area contributed by atoms with E-state index < -0.39 is 22.5 Å². The first-order valence-electron chi connectivity index (χ1n) is 6.22. The average molecular weight is 366 g/mol. The first-order valence-corrected chi connectivity index (χ1v) is 8.08. The van der Waals surface area contributed by atoms with E-state index in [0.717, 1.165) is 18.2 Å². The second kappa shape index (κ2) is 6.67. The van der Waals surface area contributed by atoms with E-state index >= 15 is 0 Å². The maximum absolute atomic E-state index is 13.7. The lowest BCUT2D eigenvalue weighted by Crippen LogP contribution is -2.14. The predicted octanol–water partition coefficient (Wildman–Crippen LogP) is 4.19. The van der Waals surface area contributed by atoms with Gasteiger partial charge in [0.25, 0.3) is 10.0 Å². The molecule has 0 aliphatic rings. The number of ether oxygens (including phenoxy) is 1. The van der Waals surface area contributed by atoms with E-state index in [0.29, 0.717) is 5.56 Å². The molecule has 0 spiro atoms. The number of hydrogen-bond donors (Lipinski definition) is 1. The zero-order chi connectivity index (χ0) is 17.2. The van der Waals surface area contributed by atoms with Crippen LogP contribution in [-0.2, 0) is 10.0 Å². The van der Waals surface area contributed by atoms with E-state index in [2.05, 4.69) is 9.46 Å². The second-order valence-corrected chi connectivity index (χ2v) is 6.65. The van der Waals surface area contributed by atoms with Gasteiger partial charge in [-0.15, -0.1) is 0 Å². The van der Waals surface area contributed by atoms with Gasteiger partial charge in [-0.05, 0) is 42.8 Å². The molecule has 2 rings (SSSR count). The summed E-state index contributed by atoms with van der Waals surface area (Å²) in [5.41, 5.74) is 0.390. The Bertz CT molecular complexity index is 828. The van der Waals surface area contributed by atoms with Gasteiger partial charge in [-0.3, -0.25) is 4.72 Å². The fraction of sp³-hybridized carbons (Fsp3) is 0.143. The summed E-state index contributed by atoms with van der Waals surface area (Å²) >= 11 is 5.71. The zero-order valence-corrected chi connectivity index (χ0v) is 13.3. The van der Waals surface area contributed by atoms with E-state index in [9.17, 15) is 21.6 Å². The van der Waals surface area contributed by atoms with Gasteiger partial charge in [0.15, 0.2) is 0 Å². The molecule has 0 aromatic heterocycles. The molecule has 4 nitrogen and oxygen atoms in total. The Kier molecular flexibility index (Phi) is 5.06. The first-order chi connectivity index (χ1) is 10.7. The van der Waals surface area contributed by atoms with Crippen molar-refractivity contribution in [1.82, 2.24) is 0 Å². The van der Waals surface area contributed by atoms with Crippen molar-refractivity contribution in [3.05, 3.63) is 52.8 Å². The molecule has 2 aromatic rings. The van der Waals surface area contributed by atoms with E-state index in [1.807, 2.05) is 0 Å². The van der Waals surface area contributed by atoms with Crippen molar-refractivity contribution in [2.24, 2.45) is 0 Å². The number of aryl methyl sites for hydroxylation is 1. The monoisotopic (exact) mass is 365 g/mol. The molecule has 0 atom stereocenters. The Balaban J connectivity index is 2.31. The molecule has 0 saturated heterocycles. The Morgan fingerprint density at radius 3 is 2.43 bits per heavy atom. The molecule has 0 aliphatic carbocycles. The van der Waals surface area contributed by atoms with Crippen LogP contribution in [0.4, 0.5) is 18.9 Å². The van der Waals surface area contributed by atoms with Crippen molar-refractivity contribution in [1.29, 1.82) is 0 Å². The molecule has 1 N–H and O–H groups in total. The fourth-order valence-corrected chi connectivity index (χ4v) is 3.13. The molecule has 0 radical (unpaired) electrons. The lowest BCUT2D eigenvalue weighted by atomic mass is 10.2. The average Bonchev–Trinajstić information content (AvgIpc) is 2.43. The van der Waals surface area contributed by atoms with Crippen LogP contribution in [-0.4, -0.2) is 15.0 Å². The van der Waals surface area contributed by atoms with Crippen LogP contribution >= 0.6 is 11.6 Å². The van der Waals surface area contributed by atoms with E-state index in [-0.39, 0.29) is 21.4 Å². The van der Waals surface area contributed by atoms with Gasteiger partial charge < -0.3 is 4.74 Å². The lowest BCUT2D eigenvalue weighted by Gasteiger charge is -2.11. The summed E-state index contributed by atoms with van der Waals surface area (Å²) in [4.78, 5) is -0.316. The smallest absolute Gasteiger partial charge is 0.387 e. The molecule has 9 heteroatoms. The number of alkyl halides is 2. The summed E-state index contributed by atoms with van der Waals surface area (Å²) in [6.45, 7) is -1.43. The van der Waals surface area contributed by atoms with Crippen molar-refractivity contribution in [2.45, 2.75) is 18.4 Å². The minimum atomic E-state index is -4.13. The Morgan fingerprint density at radius 2 is 1.87 bits per heavy atom. The number of hydrogen-bond acceptors (Lipinski definition) is 3. The van der Waals surface area contributed by atoms with Gasteiger partial charge in [-0.1, -0.05) is 17.7 Å². The van der Waals surface area contributed by atoms with Gasteiger partial charge >= 0.3 is 6.61 Å². The summed E-state index contributed by atoms with van der Waals surface area (Å²) < 4.78 is 68.6. The lowest BCUT2D eigenvalue weighted by molar-refractivity contribution is -0.0498. The van der Waals surface area contributed by atoms with Crippen LogP contribution in [0.1, 0.15) is 5.56 Å². The summed E-state index contributed by atoms with van der Waals surface area (Å²) in [7, 11) is -4.13. The van der Waals surface area contributed by atoms with Crippen LogP contribution in [0.3, 0.4) is 0 Å². The minimum absolute atomic E-state index is 0.236. The molecule has 0 unspecified atom stereocenters. The third kappa shape index (κ3) is 4.29. The van der Waals surface area contributed by atoms with Crippen molar-refractivity contribution in [3.8, 4) is 5.75 Å². The number of rotatable bonds is 5. The highest BCUT2D eigenvalue weighted by atomic mass is 35.5. The van der Waals surface area contributed by atoms with Crippen LogP contribution in [0.15, 0.2) is 41.3 Å². The van der Waals surface area contributed by atoms with Crippen LogP contribution in [0, 0.1) is 12.7 Å². The standard InChI is InChI=1S/C14H11ClF3NO3S/c1-8-2-4-12(11(16)6-8)19-23(20,21)9-3-5-13(10(15)7-9)22-14(17)18/h2-7,14,19H,1H3. The van der Waals surface area contributed by atoms with Crippen LogP contribution in [0.5, 0.6) is 5.75 Å². The fourth-order valence-electron chi connectivity index (χ4n) is 1.75. The van der Waals surface area contributed by atoms with E-state index in [1.54, 1.807) is 6.92 Å². The highest BCUT2D eigenvalue weighted by molar-refractivity contribution is 7.92. The molecular weight excluding hydrogens is 355 g/mol. The second-order valence-electron chi connectivity index (χ2n) is 4.56. The molecule has 0 saturated carbocycles. The van der Waals surface area contributed by atoms with Crippen LogP contribution in [0.25, 0.3) is 0 Å². The number of halogens is 4. The van der Waals surface area contributed by atoms with Crippen LogP contribution in [0.2, 0.25) is 5.02 Å². The largest absolute Gasteiger partial charge is 0.433 e. The van der Waals surface area contributed by atoms with Gasteiger partial charge in [0.05, 0.1) is 15.6 Å².